The predicted octanol–water partition coefficient (Wildman–Crippen LogP) is 7.06. The third kappa shape index (κ3) is 10.6. The Hall–Kier alpha value is -4.83. The van der Waals surface area contributed by atoms with E-state index in [1.54, 1.807) is 53.7 Å². The number of carbonyl (C=O) groups excluding carboxylic acids is 2. The van der Waals surface area contributed by atoms with Crippen molar-refractivity contribution in [2.75, 3.05) is 37.7 Å². The Bertz CT molecular complexity index is 1580. The summed E-state index contributed by atoms with van der Waals surface area (Å²) < 4.78 is 10.8. The van der Waals surface area contributed by atoms with E-state index in [-0.39, 0.29) is 18.3 Å². The fourth-order valence-electron chi connectivity index (χ4n) is 5.41. The fourth-order valence-corrected chi connectivity index (χ4v) is 5.41. The number of piperazine rings is 1. The highest BCUT2D eigenvalue weighted by Crippen LogP contribution is 2.36. The second-order valence-electron chi connectivity index (χ2n) is 13.7. The molecule has 1 heterocycles. The van der Waals surface area contributed by atoms with Gasteiger partial charge in [-0.25, -0.2) is 9.59 Å². The molecule has 0 bridgehead atoms. The smallest absolute Gasteiger partial charge is 0.437 e. The van der Waals surface area contributed by atoms with Crippen LogP contribution in [0.4, 0.5) is 15.3 Å². The van der Waals surface area contributed by atoms with Crippen LogP contribution in [0.25, 0.3) is 11.1 Å². The number of aliphatic imine (C=N–C) groups is 1. The van der Waals surface area contributed by atoms with E-state index in [2.05, 4.69) is 51.6 Å². The molecular formula is C38H48N4O6. The maximum Gasteiger partial charge on any atom is 0.437 e. The van der Waals surface area contributed by atoms with E-state index in [1.165, 1.54) is 0 Å². The van der Waals surface area contributed by atoms with Gasteiger partial charge in [0.05, 0.1) is 0 Å². The van der Waals surface area contributed by atoms with E-state index in [9.17, 15) is 19.8 Å². The highest BCUT2D eigenvalue weighted by molar-refractivity contribution is 6.00. The summed E-state index contributed by atoms with van der Waals surface area (Å²) in [7, 11) is 0. The normalized spacial score (nSPS) is 14.7. The third-order valence-corrected chi connectivity index (χ3v) is 7.47. The molecule has 256 valence electrons. The highest BCUT2D eigenvalue weighted by Gasteiger charge is 2.26. The number of rotatable bonds is 7. The summed E-state index contributed by atoms with van der Waals surface area (Å²) in [4.78, 5) is 33.4. The van der Waals surface area contributed by atoms with Crippen molar-refractivity contribution in [1.82, 2.24) is 10.2 Å². The lowest BCUT2D eigenvalue weighted by molar-refractivity contribution is 0.0554. The van der Waals surface area contributed by atoms with Gasteiger partial charge < -0.3 is 29.5 Å². The largest absolute Gasteiger partial charge is 0.508 e. The summed E-state index contributed by atoms with van der Waals surface area (Å²) >= 11 is 0. The van der Waals surface area contributed by atoms with Crippen LogP contribution in [0.1, 0.15) is 71.1 Å². The zero-order chi connectivity index (χ0) is 34.9. The monoisotopic (exact) mass is 656 g/mol. The van der Waals surface area contributed by atoms with Crippen LogP contribution in [0.3, 0.4) is 0 Å². The second-order valence-corrected chi connectivity index (χ2v) is 13.7. The topological polar surface area (TPSA) is 124 Å². The van der Waals surface area contributed by atoms with Gasteiger partial charge in [0.2, 0.25) is 5.96 Å². The molecule has 0 aromatic heterocycles. The molecular weight excluding hydrogens is 608 g/mol. The van der Waals surface area contributed by atoms with Gasteiger partial charge in [-0.05, 0) is 106 Å². The van der Waals surface area contributed by atoms with Gasteiger partial charge in [-0.3, -0.25) is 5.32 Å². The van der Waals surface area contributed by atoms with Crippen LogP contribution in [0.5, 0.6) is 5.75 Å². The summed E-state index contributed by atoms with van der Waals surface area (Å²) in [6.45, 7) is 12.9. The number of phenols is 1. The molecule has 0 atom stereocenters. The maximum absolute atomic E-state index is 12.6. The number of carbonyl (C=O) groups is 2. The van der Waals surface area contributed by atoms with Crippen LogP contribution >= 0.6 is 0 Å². The number of hydrogen-bond donors (Lipinski definition) is 3. The number of guanidine groups is 1. The predicted molar refractivity (Wildman–Crippen MR) is 190 cm³/mol. The second kappa shape index (κ2) is 15.8. The van der Waals surface area contributed by atoms with Gasteiger partial charge in [0.25, 0.3) is 0 Å². The molecule has 0 radical (unpaired) electrons. The van der Waals surface area contributed by atoms with Crippen LogP contribution in [0, 0.1) is 0 Å². The number of amides is 2. The van der Waals surface area contributed by atoms with Gasteiger partial charge in [0.1, 0.15) is 17.0 Å². The molecule has 1 aliphatic rings. The summed E-state index contributed by atoms with van der Waals surface area (Å²) in [5, 5.41) is 22.4. The minimum Gasteiger partial charge on any atom is -0.508 e. The van der Waals surface area contributed by atoms with E-state index >= 15 is 0 Å². The van der Waals surface area contributed by atoms with Gasteiger partial charge in [-0.2, -0.15) is 0 Å². The number of nitrogens with one attached hydrogen (secondary N) is 1. The average molecular weight is 657 g/mol. The molecule has 1 saturated heterocycles. The van der Waals surface area contributed by atoms with Gasteiger partial charge in [-0.1, -0.05) is 54.6 Å². The number of ether oxygens (including phenoxy) is 2. The first kappa shape index (κ1) is 36.0. The van der Waals surface area contributed by atoms with Gasteiger partial charge in [0.15, 0.2) is 0 Å². The molecule has 10 heteroatoms. The number of nitrogens with zero attached hydrogens (tertiary/aromatic N) is 3. The zero-order valence-corrected chi connectivity index (χ0v) is 28.8. The first-order valence-electron chi connectivity index (χ1n) is 16.3. The number of benzene rings is 3. The Labute approximate surface area is 283 Å². The first-order chi connectivity index (χ1) is 22.7. The number of phenolic OH excluding ortho intramolecular Hbond substituents is 1. The number of alkyl carbamates (subject to hydrolysis) is 1. The maximum atomic E-state index is 12.6. The molecule has 4 rings (SSSR count). The Kier molecular flexibility index (Phi) is 11.9. The fraction of sp³-hybridized carbons (Fsp3) is 0.395. The highest BCUT2D eigenvalue weighted by atomic mass is 16.6. The minimum absolute atomic E-state index is 0.0849. The molecule has 3 N–H and O–H groups in total. The van der Waals surface area contributed by atoms with E-state index in [1.807, 2.05) is 35.2 Å². The Morgan fingerprint density at radius 1 is 0.771 bits per heavy atom. The van der Waals surface area contributed by atoms with Crippen molar-refractivity contribution in [1.29, 1.82) is 0 Å². The van der Waals surface area contributed by atoms with Gasteiger partial charge in [0, 0.05) is 38.5 Å². The molecule has 3 aromatic rings. The van der Waals surface area contributed by atoms with Crippen molar-refractivity contribution in [3.63, 3.8) is 0 Å². The molecule has 0 spiro atoms. The Morgan fingerprint density at radius 2 is 1.33 bits per heavy atom. The lowest BCUT2D eigenvalue weighted by Gasteiger charge is -2.37. The average Bonchev–Trinajstić information content (AvgIpc) is 3.02. The lowest BCUT2D eigenvalue weighted by atomic mass is 9.87. The Balaban J connectivity index is 1.58. The molecule has 0 aliphatic carbocycles. The SMILES string of the molecule is CC(C)(C)OC(=O)N=C(NC(=O)OC(C)(C)C)N1CCN(c2ccc(/C(=C(/CCCO)c3ccccc3)c3ccc(O)cc3)cc2)CC1. The van der Waals surface area contributed by atoms with E-state index in [4.69, 9.17) is 9.47 Å². The van der Waals surface area contributed by atoms with E-state index in [0.717, 1.165) is 33.5 Å². The molecule has 0 unspecified atom stereocenters. The van der Waals surface area contributed by atoms with Crippen molar-refractivity contribution >= 4 is 35.0 Å². The number of aliphatic hydroxyl groups is 1. The quantitative estimate of drug-likeness (QED) is 0.140. The number of aliphatic hydroxyl groups excluding tert-OH is 1. The van der Waals surface area contributed by atoms with Gasteiger partial charge in [-0.15, -0.1) is 4.99 Å². The van der Waals surface area contributed by atoms with Crippen LogP contribution < -0.4 is 10.2 Å². The van der Waals surface area contributed by atoms with Crippen LogP contribution in [-0.2, 0) is 9.47 Å². The molecule has 0 saturated carbocycles. The molecule has 1 fully saturated rings. The van der Waals surface area contributed by atoms with Crippen molar-refractivity contribution in [3.8, 4) is 5.75 Å². The van der Waals surface area contributed by atoms with Crippen LogP contribution in [0.2, 0.25) is 0 Å². The first-order valence-corrected chi connectivity index (χ1v) is 16.3. The van der Waals surface area contributed by atoms with Crippen molar-refractivity contribution < 1.29 is 29.3 Å². The summed E-state index contributed by atoms with van der Waals surface area (Å²) in [5.74, 6) is 0.290. The van der Waals surface area contributed by atoms with E-state index < -0.39 is 23.4 Å². The van der Waals surface area contributed by atoms with E-state index in [0.29, 0.717) is 39.0 Å². The standard InChI is InChI=1S/C38H48N4O6/c1-37(2,3)47-35(45)39-34(40-36(46)48-38(4,5)6)42-24-22-41(23-25-42)30-18-14-28(15-19-30)33(29-16-20-31(44)21-17-29)32(13-10-26-43)27-11-8-7-9-12-27/h7-9,11-12,14-21,43-44H,10,13,22-26H2,1-6H3,(H,39,40,45,46)/b33-32+. The summed E-state index contributed by atoms with van der Waals surface area (Å²) in [6, 6.07) is 25.8. The van der Waals surface area contributed by atoms with Gasteiger partial charge >= 0.3 is 12.2 Å². The van der Waals surface area contributed by atoms with Crippen molar-refractivity contribution in [2.24, 2.45) is 4.99 Å². The molecule has 48 heavy (non-hydrogen) atoms. The molecule has 2 amide bonds. The molecule has 3 aromatic carbocycles. The Morgan fingerprint density at radius 3 is 1.88 bits per heavy atom. The molecule has 1 aliphatic heterocycles. The van der Waals surface area contributed by atoms with Crippen LogP contribution in [0.15, 0.2) is 83.9 Å². The summed E-state index contributed by atoms with van der Waals surface area (Å²) in [6.07, 6.45) is -0.187. The summed E-state index contributed by atoms with van der Waals surface area (Å²) in [5.41, 5.74) is 4.82. The number of hydrogen-bond acceptors (Lipinski definition) is 7. The van der Waals surface area contributed by atoms with Crippen molar-refractivity contribution in [2.45, 2.75) is 65.6 Å². The van der Waals surface area contributed by atoms with Crippen molar-refractivity contribution in [3.05, 3.63) is 95.6 Å². The lowest BCUT2D eigenvalue weighted by Crippen LogP contribution is -2.54. The molecule has 10 nitrogen and oxygen atoms in total. The third-order valence-electron chi connectivity index (χ3n) is 7.47. The van der Waals surface area contributed by atoms with Crippen LogP contribution in [-0.4, -0.2) is 77.2 Å². The number of allylic oxidation sites excluding steroid dienone is 1. The number of anilines is 1. The number of aromatic hydroxyl groups is 1. The minimum atomic E-state index is -0.794. The zero-order valence-electron chi connectivity index (χ0n) is 28.8.